The maximum Gasteiger partial charge on any atom is 0.240 e. The molecule has 3 aliphatic rings. The van der Waals surface area contributed by atoms with Crippen molar-refractivity contribution in [1.29, 1.82) is 0 Å². The molecular weight excluding hydrogens is 336 g/mol. The molecule has 1 aromatic carbocycles. The van der Waals surface area contributed by atoms with Crippen molar-refractivity contribution in [2.24, 2.45) is 5.92 Å². The lowest BCUT2D eigenvalue weighted by molar-refractivity contribution is -0.133. The summed E-state index contributed by atoms with van der Waals surface area (Å²) in [6.45, 7) is 7.23. The smallest absolute Gasteiger partial charge is 0.240 e. The SMILES string of the molecule is CC.O=C(NC1CCCc2ccccc21)C1COCCN1CC1CCCC1. The number of aryl methyl sites for hydroxylation is 1. The minimum atomic E-state index is -0.122. The van der Waals surface area contributed by atoms with Crippen LogP contribution in [-0.4, -0.2) is 43.2 Å². The second kappa shape index (κ2) is 10.2. The lowest BCUT2D eigenvalue weighted by Crippen LogP contribution is -2.55. The van der Waals surface area contributed by atoms with Gasteiger partial charge >= 0.3 is 0 Å². The summed E-state index contributed by atoms with van der Waals surface area (Å²) in [5.41, 5.74) is 2.70. The molecule has 4 nitrogen and oxygen atoms in total. The number of ether oxygens (including phenoxy) is 1. The molecule has 1 aromatic rings. The summed E-state index contributed by atoms with van der Waals surface area (Å²) in [4.78, 5) is 15.4. The van der Waals surface area contributed by atoms with Gasteiger partial charge in [0.1, 0.15) is 6.04 Å². The van der Waals surface area contributed by atoms with E-state index in [0.29, 0.717) is 6.61 Å². The topological polar surface area (TPSA) is 41.6 Å². The first-order valence-corrected chi connectivity index (χ1v) is 11.0. The van der Waals surface area contributed by atoms with E-state index in [4.69, 9.17) is 4.74 Å². The van der Waals surface area contributed by atoms with Crippen molar-refractivity contribution in [2.75, 3.05) is 26.3 Å². The Morgan fingerprint density at radius 1 is 1.15 bits per heavy atom. The number of nitrogens with one attached hydrogen (secondary N) is 1. The average molecular weight is 373 g/mol. The van der Waals surface area contributed by atoms with Crippen molar-refractivity contribution in [2.45, 2.75) is 70.9 Å². The van der Waals surface area contributed by atoms with Crippen LogP contribution in [0.4, 0.5) is 0 Å². The number of fused-ring (bicyclic) bond motifs is 1. The minimum Gasteiger partial charge on any atom is -0.378 e. The molecule has 4 rings (SSSR count). The molecule has 1 heterocycles. The lowest BCUT2D eigenvalue weighted by atomic mass is 9.87. The van der Waals surface area contributed by atoms with Gasteiger partial charge in [-0.2, -0.15) is 0 Å². The van der Waals surface area contributed by atoms with Crippen molar-refractivity contribution in [1.82, 2.24) is 10.2 Å². The lowest BCUT2D eigenvalue weighted by Gasteiger charge is -2.37. The van der Waals surface area contributed by atoms with E-state index in [1.54, 1.807) is 0 Å². The third-order valence-electron chi connectivity index (χ3n) is 6.20. The predicted molar refractivity (Wildman–Crippen MR) is 110 cm³/mol. The molecule has 1 N–H and O–H groups in total. The van der Waals surface area contributed by atoms with Crippen LogP contribution in [0.3, 0.4) is 0 Å². The zero-order valence-corrected chi connectivity index (χ0v) is 17.1. The highest BCUT2D eigenvalue weighted by Crippen LogP contribution is 2.30. The van der Waals surface area contributed by atoms with Crippen LogP contribution in [0.25, 0.3) is 0 Å². The third kappa shape index (κ3) is 5.11. The molecule has 150 valence electrons. The summed E-state index contributed by atoms with van der Waals surface area (Å²) in [6, 6.07) is 8.59. The zero-order chi connectivity index (χ0) is 19.1. The van der Waals surface area contributed by atoms with E-state index in [-0.39, 0.29) is 18.0 Å². The molecule has 1 saturated heterocycles. The van der Waals surface area contributed by atoms with E-state index in [9.17, 15) is 4.79 Å². The van der Waals surface area contributed by atoms with Crippen LogP contribution >= 0.6 is 0 Å². The number of carbonyl (C=O) groups is 1. The van der Waals surface area contributed by atoms with E-state index in [1.165, 1.54) is 36.8 Å². The van der Waals surface area contributed by atoms with E-state index in [1.807, 2.05) is 13.8 Å². The number of benzene rings is 1. The molecule has 2 aliphatic carbocycles. The molecule has 1 saturated carbocycles. The molecule has 27 heavy (non-hydrogen) atoms. The fraction of sp³-hybridized carbons (Fsp3) is 0.696. The Kier molecular flexibility index (Phi) is 7.71. The van der Waals surface area contributed by atoms with E-state index >= 15 is 0 Å². The predicted octanol–water partition coefficient (Wildman–Crippen LogP) is 4.10. The minimum absolute atomic E-state index is 0.122. The van der Waals surface area contributed by atoms with E-state index in [2.05, 4.69) is 34.5 Å². The van der Waals surface area contributed by atoms with Gasteiger partial charge in [0, 0.05) is 13.1 Å². The number of hydrogen-bond acceptors (Lipinski definition) is 3. The molecule has 0 spiro atoms. The zero-order valence-electron chi connectivity index (χ0n) is 17.1. The standard InChI is InChI=1S/C21H30N2O2.C2H6/c24-21(22-19-11-5-9-17-8-3-4-10-18(17)19)20-15-25-13-12-23(20)14-16-6-1-2-7-16;1-2/h3-4,8,10,16,19-20H,1-2,5-7,9,11-15H2,(H,22,24);1-2H3. The quantitative estimate of drug-likeness (QED) is 0.865. The van der Waals surface area contributed by atoms with Crippen LogP contribution < -0.4 is 5.32 Å². The second-order valence-electron chi connectivity index (χ2n) is 7.89. The monoisotopic (exact) mass is 372 g/mol. The molecule has 0 bridgehead atoms. The average Bonchev–Trinajstić information content (AvgIpc) is 3.23. The van der Waals surface area contributed by atoms with Crippen LogP contribution in [0.5, 0.6) is 0 Å². The first-order chi connectivity index (χ1) is 13.3. The Morgan fingerprint density at radius 2 is 1.93 bits per heavy atom. The van der Waals surface area contributed by atoms with Crippen molar-refractivity contribution < 1.29 is 9.53 Å². The summed E-state index contributed by atoms with van der Waals surface area (Å²) in [7, 11) is 0. The molecule has 2 unspecified atom stereocenters. The third-order valence-corrected chi connectivity index (χ3v) is 6.20. The highest BCUT2D eigenvalue weighted by molar-refractivity contribution is 5.82. The molecule has 1 aliphatic heterocycles. The normalized spacial score (nSPS) is 26.0. The first-order valence-electron chi connectivity index (χ1n) is 11.0. The van der Waals surface area contributed by atoms with E-state index in [0.717, 1.165) is 44.9 Å². The largest absolute Gasteiger partial charge is 0.378 e. The molecule has 0 aromatic heterocycles. The Hall–Kier alpha value is -1.39. The van der Waals surface area contributed by atoms with Gasteiger partial charge in [-0.1, -0.05) is 51.0 Å². The maximum atomic E-state index is 13.0. The first kappa shape index (κ1) is 20.3. The van der Waals surface area contributed by atoms with Gasteiger partial charge in [0.05, 0.1) is 19.3 Å². The number of carbonyl (C=O) groups excluding carboxylic acids is 1. The van der Waals surface area contributed by atoms with Gasteiger partial charge < -0.3 is 10.1 Å². The molecule has 1 amide bonds. The highest BCUT2D eigenvalue weighted by atomic mass is 16.5. The van der Waals surface area contributed by atoms with Crippen LogP contribution in [-0.2, 0) is 16.0 Å². The van der Waals surface area contributed by atoms with Gasteiger partial charge in [-0.15, -0.1) is 0 Å². The number of hydrogen-bond donors (Lipinski definition) is 1. The summed E-state index contributed by atoms with van der Waals surface area (Å²) < 4.78 is 5.65. The summed E-state index contributed by atoms with van der Waals surface area (Å²) >= 11 is 0. The molecule has 2 fully saturated rings. The van der Waals surface area contributed by atoms with Gasteiger partial charge in [-0.25, -0.2) is 0 Å². The highest BCUT2D eigenvalue weighted by Gasteiger charge is 2.33. The Bertz CT molecular complexity index is 598. The van der Waals surface area contributed by atoms with Crippen LogP contribution in [0.2, 0.25) is 0 Å². The van der Waals surface area contributed by atoms with Gasteiger partial charge in [-0.05, 0) is 49.1 Å². The summed E-state index contributed by atoms with van der Waals surface area (Å²) in [6.07, 6.45) is 8.66. The molecule has 2 atom stereocenters. The summed E-state index contributed by atoms with van der Waals surface area (Å²) in [5.74, 6) is 0.920. The van der Waals surface area contributed by atoms with Gasteiger partial charge in [0.2, 0.25) is 5.91 Å². The number of morpholine rings is 1. The van der Waals surface area contributed by atoms with Gasteiger partial charge in [0.25, 0.3) is 0 Å². The van der Waals surface area contributed by atoms with E-state index < -0.39 is 0 Å². The second-order valence-corrected chi connectivity index (χ2v) is 7.89. The van der Waals surface area contributed by atoms with Crippen LogP contribution in [0.1, 0.15) is 69.5 Å². The van der Waals surface area contributed by atoms with Crippen LogP contribution in [0, 0.1) is 5.92 Å². The Labute approximate surface area is 164 Å². The Balaban J connectivity index is 0.00000102. The van der Waals surface area contributed by atoms with Crippen LogP contribution in [0.15, 0.2) is 24.3 Å². The molecular formula is C23H36N2O2. The van der Waals surface area contributed by atoms with Crippen molar-refractivity contribution >= 4 is 5.91 Å². The van der Waals surface area contributed by atoms with Gasteiger partial charge in [0.15, 0.2) is 0 Å². The summed E-state index contributed by atoms with van der Waals surface area (Å²) in [5, 5.41) is 3.34. The number of amides is 1. The molecule has 0 radical (unpaired) electrons. The van der Waals surface area contributed by atoms with Crippen molar-refractivity contribution in [3.63, 3.8) is 0 Å². The van der Waals surface area contributed by atoms with Crippen molar-refractivity contribution in [3.8, 4) is 0 Å². The Morgan fingerprint density at radius 3 is 2.74 bits per heavy atom. The number of rotatable bonds is 4. The van der Waals surface area contributed by atoms with Gasteiger partial charge in [-0.3, -0.25) is 9.69 Å². The fourth-order valence-corrected chi connectivity index (χ4v) is 4.79. The molecule has 4 heteroatoms. The van der Waals surface area contributed by atoms with Crippen molar-refractivity contribution in [3.05, 3.63) is 35.4 Å². The maximum absolute atomic E-state index is 13.0. The fourth-order valence-electron chi connectivity index (χ4n) is 4.79. The number of nitrogens with zero attached hydrogens (tertiary/aromatic N) is 1.